The van der Waals surface area contributed by atoms with Gasteiger partial charge in [0.1, 0.15) is 0 Å². The smallest absolute Gasteiger partial charge is 0.240 e. The maximum absolute atomic E-state index is 13.3. The normalized spacial score (nSPS) is 20.3. The maximum atomic E-state index is 13.3. The van der Waals surface area contributed by atoms with E-state index in [1.165, 1.54) is 12.1 Å². The van der Waals surface area contributed by atoms with Crippen LogP contribution in [0, 0.1) is 11.6 Å². The number of nitrogens with two attached hydrogens (primary N) is 1. The molecule has 154 valence electrons. The van der Waals surface area contributed by atoms with Crippen molar-refractivity contribution in [1.29, 1.82) is 0 Å². The summed E-state index contributed by atoms with van der Waals surface area (Å²) in [6.45, 7) is 2.24. The van der Waals surface area contributed by atoms with Crippen molar-refractivity contribution in [2.45, 2.75) is 63.1 Å². The number of nitrogens with zero attached hydrogens (tertiary/aromatic N) is 1. The number of halogens is 4. The summed E-state index contributed by atoms with van der Waals surface area (Å²) in [5.74, 6) is -1.63. The summed E-state index contributed by atoms with van der Waals surface area (Å²) in [4.78, 5) is 14.7. The Morgan fingerprint density at radius 3 is 2.33 bits per heavy atom. The third-order valence-corrected chi connectivity index (χ3v) is 5.51. The van der Waals surface area contributed by atoms with Crippen LogP contribution < -0.4 is 11.1 Å². The molecule has 1 saturated carbocycles. The highest BCUT2D eigenvalue weighted by atomic mass is 35.5. The number of rotatable bonds is 4. The Hall–Kier alpha value is -0.950. The van der Waals surface area contributed by atoms with Gasteiger partial charge in [-0.25, -0.2) is 8.78 Å². The number of carbonyl (C=O) groups excluding carboxylic acids is 1. The lowest BCUT2D eigenvalue weighted by Crippen LogP contribution is -2.58. The van der Waals surface area contributed by atoms with Gasteiger partial charge in [0.25, 0.3) is 0 Å². The number of carbonyl (C=O) groups is 1. The maximum Gasteiger partial charge on any atom is 0.240 e. The van der Waals surface area contributed by atoms with Crippen molar-refractivity contribution in [2.75, 3.05) is 13.1 Å². The second-order valence-electron chi connectivity index (χ2n) is 7.49. The van der Waals surface area contributed by atoms with Crippen molar-refractivity contribution < 1.29 is 13.6 Å². The highest BCUT2D eigenvalue weighted by Gasteiger charge is 2.36. The molecule has 27 heavy (non-hydrogen) atoms. The second kappa shape index (κ2) is 10.6. The van der Waals surface area contributed by atoms with E-state index in [1.807, 2.05) is 0 Å². The third kappa shape index (κ3) is 6.28. The largest absolute Gasteiger partial charge is 0.352 e. The average molecular weight is 424 g/mol. The highest BCUT2D eigenvalue weighted by Crippen LogP contribution is 2.26. The molecule has 1 aromatic carbocycles. The van der Waals surface area contributed by atoms with E-state index in [2.05, 4.69) is 10.2 Å². The van der Waals surface area contributed by atoms with Gasteiger partial charge in [0, 0.05) is 25.7 Å². The quantitative estimate of drug-likeness (QED) is 0.778. The van der Waals surface area contributed by atoms with Crippen LogP contribution in [0.2, 0.25) is 0 Å². The van der Waals surface area contributed by atoms with E-state index in [0.29, 0.717) is 6.54 Å². The number of nitrogens with one attached hydrogen (secondary N) is 1. The molecule has 0 aromatic heterocycles. The molecular weight excluding hydrogens is 395 g/mol. The van der Waals surface area contributed by atoms with Gasteiger partial charge < -0.3 is 11.1 Å². The molecule has 0 atom stereocenters. The van der Waals surface area contributed by atoms with Crippen LogP contribution in [-0.2, 0) is 11.3 Å². The number of benzene rings is 1. The number of hydrogen-bond donors (Lipinski definition) is 2. The van der Waals surface area contributed by atoms with Crippen molar-refractivity contribution in [3.05, 3.63) is 35.4 Å². The number of amides is 1. The number of likely N-dealkylation sites (tertiary alicyclic amines) is 1. The fourth-order valence-corrected chi connectivity index (χ4v) is 3.87. The first-order valence-corrected chi connectivity index (χ1v) is 9.22. The molecule has 2 fully saturated rings. The Kier molecular flexibility index (Phi) is 9.42. The van der Waals surface area contributed by atoms with E-state index in [0.717, 1.165) is 63.6 Å². The van der Waals surface area contributed by atoms with E-state index in [4.69, 9.17) is 5.73 Å². The van der Waals surface area contributed by atoms with Crippen molar-refractivity contribution >= 4 is 30.7 Å². The van der Waals surface area contributed by atoms with Gasteiger partial charge >= 0.3 is 0 Å². The van der Waals surface area contributed by atoms with Crippen LogP contribution in [0.1, 0.15) is 50.5 Å². The van der Waals surface area contributed by atoms with Gasteiger partial charge in [0.15, 0.2) is 11.6 Å². The predicted octanol–water partition coefficient (Wildman–Crippen LogP) is 3.55. The molecule has 1 aromatic rings. The SMILES string of the molecule is Cl.Cl.NC1(C(=O)NC2CCN(Cc3ccc(F)c(F)c3)CC2)CCCCC1. The van der Waals surface area contributed by atoms with Gasteiger partial charge in [-0.15, -0.1) is 24.8 Å². The van der Waals surface area contributed by atoms with Crippen LogP contribution in [0.4, 0.5) is 8.78 Å². The molecule has 0 radical (unpaired) electrons. The van der Waals surface area contributed by atoms with E-state index in [-0.39, 0.29) is 36.8 Å². The van der Waals surface area contributed by atoms with Crippen molar-refractivity contribution in [3.8, 4) is 0 Å². The molecule has 0 unspecified atom stereocenters. The van der Waals surface area contributed by atoms with Gasteiger partial charge in [0.05, 0.1) is 5.54 Å². The first-order chi connectivity index (χ1) is 12.0. The van der Waals surface area contributed by atoms with Crippen LogP contribution in [0.25, 0.3) is 0 Å². The minimum Gasteiger partial charge on any atom is -0.352 e. The molecule has 3 N–H and O–H groups in total. The molecule has 1 saturated heterocycles. The highest BCUT2D eigenvalue weighted by molar-refractivity contribution is 5.86. The molecule has 4 nitrogen and oxygen atoms in total. The zero-order valence-electron chi connectivity index (χ0n) is 15.4. The number of piperidine rings is 1. The Bertz CT molecular complexity index is 619. The fraction of sp³-hybridized carbons (Fsp3) is 0.632. The summed E-state index contributed by atoms with van der Waals surface area (Å²) in [6, 6.07) is 4.19. The molecule has 1 aliphatic carbocycles. The van der Waals surface area contributed by atoms with Crippen molar-refractivity contribution in [2.24, 2.45) is 5.73 Å². The fourth-order valence-electron chi connectivity index (χ4n) is 3.87. The first kappa shape index (κ1) is 24.1. The summed E-state index contributed by atoms with van der Waals surface area (Å²) in [5, 5.41) is 3.13. The van der Waals surface area contributed by atoms with Crippen molar-refractivity contribution in [1.82, 2.24) is 10.2 Å². The molecule has 0 spiro atoms. The van der Waals surface area contributed by atoms with Gasteiger partial charge in [-0.2, -0.15) is 0 Å². The topological polar surface area (TPSA) is 58.4 Å². The molecule has 1 heterocycles. The third-order valence-electron chi connectivity index (χ3n) is 5.51. The zero-order chi connectivity index (χ0) is 17.9. The van der Waals surface area contributed by atoms with Crippen molar-refractivity contribution in [3.63, 3.8) is 0 Å². The second-order valence-corrected chi connectivity index (χ2v) is 7.49. The lowest BCUT2D eigenvalue weighted by Gasteiger charge is -2.36. The van der Waals surface area contributed by atoms with E-state index >= 15 is 0 Å². The molecule has 2 aliphatic rings. The summed E-state index contributed by atoms with van der Waals surface area (Å²) < 4.78 is 26.3. The van der Waals surface area contributed by atoms with Crippen LogP contribution in [0.3, 0.4) is 0 Å². The predicted molar refractivity (Wildman–Crippen MR) is 107 cm³/mol. The van der Waals surface area contributed by atoms with Gasteiger partial charge in [-0.1, -0.05) is 25.3 Å². The Labute approximate surface area is 172 Å². The molecule has 1 amide bonds. The minimum absolute atomic E-state index is 0. The zero-order valence-corrected chi connectivity index (χ0v) is 17.0. The summed E-state index contributed by atoms with van der Waals surface area (Å²) >= 11 is 0. The Morgan fingerprint density at radius 1 is 1.11 bits per heavy atom. The Balaban J connectivity index is 0.00000182. The molecule has 1 aliphatic heterocycles. The summed E-state index contributed by atoms with van der Waals surface area (Å²) in [7, 11) is 0. The lowest BCUT2D eigenvalue weighted by molar-refractivity contribution is -0.128. The van der Waals surface area contributed by atoms with E-state index < -0.39 is 17.2 Å². The van der Waals surface area contributed by atoms with Crippen LogP contribution in [0.15, 0.2) is 18.2 Å². The van der Waals surface area contributed by atoms with E-state index in [9.17, 15) is 13.6 Å². The van der Waals surface area contributed by atoms with Crippen LogP contribution >= 0.6 is 24.8 Å². The Morgan fingerprint density at radius 2 is 1.74 bits per heavy atom. The first-order valence-electron chi connectivity index (χ1n) is 9.22. The minimum atomic E-state index is -0.816. The lowest BCUT2D eigenvalue weighted by atomic mass is 9.81. The van der Waals surface area contributed by atoms with Gasteiger partial charge in [-0.05, 0) is 43.4 Å². The average Bonchev–Trinajstić information content (AvgIpc) is 2.60. The molecule has 0 bridgehead atoms. The summed E-state index contributed by atoms with van der Waals surface area (Å²) in [6.07, 6.45) is 6.46. The summed E-state index contributed by atoms with van der Waals surface area (Å²) in [5.41, 5.74) is 6.36. The van der Waals surface area contributed by atoms with Crippen LogP contribution in [-0.4, -0.2) is 35.5 Å². The molecule has 3 rings (SSSR count). The van der Waals surface area contributed by atoms with E-state index in [1.54, 1.807) is 6.07 Å². The van der Waals surface area contributed by atoms with Gasteiger partial charge in [0.2, 0.25) is 5.91 Å². The number of hydrogen-bond acceptors (Lipinski definition) is 3. The molecule has 8 heteroatoms. The van der Waals surface area contributed by atoms with Crippen LogP contribution in [0.5, 0.6) is 0 Å². The van der Waals surface area contributed by atoms with Gasteiger partial charge in [-0.3, -0.25) is 9.69 Å². The molecular formula is C19H29Cl2F2N3O. The standard InChI is InChI=1S/C19H27F2N3O.2ClH/c20-16-5-4-14(12-17(16)21)13-24-10-6-15(7-11-24)23-18(25)19(22)8-2-1-3-9-19;;/h4-5,12,15H,1-3,6-11,13,22H2,(H,23,25);2*1H. The monoisotopic (exact) mass is 423 g/mol.